The Bertz CT molecular complexity index is 1220. The van der Waals surface area contributed by atoms with E-state index in [1.807, 2.05) is 48.6 Å². The second-order valence-corrected chi connectivity index (χ2v) is 9.42. The van der Waals surface area contributed by atoms with Gasteiger partial charge in [0, 0.05) is 4.48 Å². The number of rotatable bonds is 0. The van der Waals surface area contributed by atoms with Crippen molar-refractivity contribution < 1.29 is 0 Å². The maximum atomic E-state index is 4.77. The van der Waals surface area contributed by atoms with Crippen molar-refractivity contribution in [1.82, 2.24) is 0 Å². The van der Waals surface area contributed by atoms with E-state index in [9.17, 15) is 0 Å². The summed E-state index contributed by atoms with van der Waals surface area (Å²) in [6.45, 7) is 0. The fraction of sp³-hybridized carbons (Fsp3) is 0. The van der Waals surface area contributed by atoms with Crippen molar-refractivity contribution in [1.29, 1.82) is 0 Å². The van der Waals surface area contributed by atoms with E-state index in [1.54, 1.807) is 0 Å². The van der Waals surface area contributed by atoms with E-state index < -0.39 is 0 Å². The molecule has 0 fully saturated rings. The first kappa shape index (κ1) is 18.5. The maximum Gasteiger partial charge on any atom is 0.0955 e. The first-order chi connectivity index (χ1) is 13.5. The molecular formula is C20H8Br4N4. The van der Waals surface area contributed by atoms with Crippen LogP contribution in [0.4, 0.5) is 0 Å². The van der Waals surface area contributed by atoms with Gasteiger partial charge in [0.05, 0.1) is 59.1 Å². The first-order valence-corrected chi connectivity index (χ1v) is 11.3. The summed E-state index contributed by atoms with van der Waals surface area (Å²) in [6, 6.07) is 0. The smallest absolute Gasteiger partial charge is 0.0955 e. The van der Waals surface area contributed by atoms with Gasteiger partial charge in [-0.25, -0.2) is 20.0 Å². The highest BCUT2D eigenvalue weighted by molar-refractivity contribution is 9.14. The second kappa shape index (κ2) is 7.09. The molecule has 5 aliphatic rings. The van der Waals surface area contributed by atoms with Crippen LogP contribution in [-0.2, 0) is 0 Å². The Morgan fingerprint density at radius 2 is 1.18 bits per heavy atom. The summed E-state index contributed by atoms with van der Waals surface area (Å²) in [6.07, 6.45) is 15.7. The van der Waals surface area contributed by atoms with Crippen LogP contribution in [-0.4, -0.2) is 22.8 Å². The predicted octanol–water partition coefficient (Wildman–Crippen LogP) is 6.47. The summed E-state index contributed by atoms with van der Waals surface area (Å²) in [7, 11) is 0. The van der Waals surface area contributed by atoms with Gasteiger partial charge in [-0.2, -0.15) is 0 Å². The molecule has 0 saturated heterocycles. The summed E-state index contributed by atoms with van der Waals surface area (Å²) in [5, 5.41) is 0. The van der Waals surface area contributed by atoms with Crippen LogP contribution in [0, 0.1) is 0 Å². The summed E-state index contributed by atoms with van der Waals surface area (Å²) >= 11 is 14.6. The Labute approximate surface area is 194 Å². The Balaban J connectivity index is 1.74. The molecule has 8 heteroatoms. The molecule has 0 aliphatic carbocycles. The van der Waals surface area contributed by atoms with Crippen molar-refractivity contribution in [2.45, 2.75) is 0 Å². The molecule has 136 valence electrons. The molecule has 0 radical (unpaired) electrons. The molecule has 0 amide bonds. The average molecular weight is 624 g/mol. The molecule has 8 bridgehead atoms. The lowest BCUT2D eigenvalue weighted by molar-refractivity contribution is 1.41. The third-order valence-electron chi connectivity index (χ3n) is 4.26. The zero-order chi connectivity index (χ0) is 19.4. The van der Waals surface area contributed by atoms with Crippen LogP contribution in [0.3, 0.4) is 0 Å². The van der Waals surface area contributed by atoms with E-state index in [2.05, 4.69) is 73.7 Å². The summed E-state index contributed by atoms with van der Waals surface area (Å²) in [4.78, 5) is 18.8. The number of fused-ring (bicyclic) bond motifs is 4. The van der Waals surface area contributed by atoms with Crippen molar-refractivity contribution in [3.05, 3.63) is 89.3 Å². The number of halogens is 4. The van der Waals surface area contributed by atoms with Crippen molar-refractivity contribution in [2.75, 3.05) is 0 Å². The average Bonchev–Trinajstić information content (AvgIpc) is 3.42. The molecule has 4 nitrogen and oxygen atoms in total. The number of hydrogen-bond acceptors (Lipinski definition) is 4. The minimum absolute atomic E-state index is 0.766. The quantitative estimate of drug-likeness (QED) is 0.297. The SMILES string of the molecule is BrC1=CC2=CC3=NC(=CC4=NC(=CC5=NC(=C(Br)C1=N2)C(Br)=C5Br)C=C4)C=C3. The zero-order valence-electron chi connectivity index (χ0n) is 13.9. The Kier molecular flexibility index (Phi) is 4.70. The van der Waals surface area contributed by atoms with E-state index in [1.165, 1.54) is 0 Å². The molecule has 0 spiro atoms. The third-order valence-corrected chi connectivity index (χ3v) is 7.72. The summed E-state index contributed by atoms with van der Waals surface area (Å²) in [5.74, 6) is 0. The van der Waals surface area contributed by atoms with Gasteiger partial charge in [-0.1, -0.05) is 0 Å². The molecular weight excluding hydrogens is 616 g/mol. The lowest BCUT2D eigenvalue weighted by Crippen LogP contribution is -1.97. The first-order valence-electron chi connectivity index (χ1n) is 8.18. The summed E-state index contributed by atoms with van der Waals surface area (Å²) < 4.78 is 3.40. The highest BCUT2D eigenvalue weighted by atomic mass is 79.9. The molecule has 0 saturated carbocycles. The van der Waals surface area contributed by atoms with Gasteiger partial charge in [0.25, 0.3) is 0 Å². The van der Waals surface area contributed by atoms with Gasteiger partial charge < -0.3 is 0 Å². The van der Waals surface area contributed by atoms with Crippen LogP contribution >= 0.6 is 63.7 Å². The Hall–Kier alpha value is -1.48. The molecule has 5 rings (SSSR count). The van der Waals surface area contributed by atoms with Crippen LogP contribution in [0.5, 0.6) is 0 Å². The Morgan fingerprint density at radius 1 is 0.536 bits per heavy atom. The van der Waals surface area contributed by atoms with E-state index in [0.29, 0.717) is 0 Å². The zero-order valence-corrected chi connectivity index (χ0v) is 20.3. The molecule has 0 aromatic heterocycles. The molecule has 5 heterocycles. The van der Waals surface area contributed by atoms with Crippen LogP contribution in [0.15, 0.2) is 109 Å². The van der Waals surface area contributed by atoms with Crippen molar-refractivity contribution in [2.24, 2.45) is 20.0 Å². The molecule has 28 heavy (non-hydrogen) atoms. The maximum absolute atomic E-state index is 4.77. The fourth-order valence-electron chi connectivity index (χ4n) is 2.98. The van der Waals surface area contributed by atoms with Gasteiger partial charge in [0.15, 0.2) is 0 Å². The minimum atomic E-state index is 0.766. The number of allylic oxidation sites excluding steroid dienone is 12. The largest absolute Gasteiger partial charge is 0.249 e. The van der Waals surface area contributed by atoms with E-state index in [-0.39, 0.29) is 0 Å². The van der Waals surface area contributed by atoms with Crippen LogP contribution < -0.4 is 0 Å². The number of hydrogen-bond donors (Lipinski definition) is 0. The van der Waals surface area contributed by atoms with E-state index in [4.69, 9.17) is 9.98 Å². The highest BCUT2D eigenvalue weighted by Gasteiger charge is 2.26. The van der Waals surface area contributed by atoms with Crippen LogP contribution in [0.2, 0.25) is 0 Å². The molecule has 0 aromatic carbocycles. The predicted molar refractivity (Wildman–Crippen MR) is 130 cm³/mol. The van der Waals surface area contributed by atoms with Gasteiger partial charge in [-0.05, 0) is 112 Å². The highest BCUT2D eigenvalue weighted by Crippen LogP contribution is 2.40. The van der Waals surface area contributed by atoms with Crippen molar-refractivity contribution in [3.63, 3.8) is 0 Å². The lowest BCUT2D eigenvalue weighted by Gasteiger charge is -2.03. The monoisotopic (exact) mass is 620 g/mol. The number of aliphatic imine (C=N–C) groups is 4. The van der Waals surface area contributed by atoms with Gasteiger partial charge in [-0.3, -0.25) is 0 Å². The van der Waals surface area contributed by atoms with Crippen LogP contribution in [0.1, 0.15) is 0 Å². The van der Waals surface area contributed by atoms with Gasteiger partial charge in [-0.15, -0.1) is 0 Å². The van der Waals surface area contributed by atoms with E-state index in [0.717, 1.165) is 63.6 Å². The number of nitrogens with zero attached hydrogens (tertiary/aromatic N) is 4. The molecule has 0 N–H and O–H groups in total. The topological polar surface area (TPSA) is 49.4 Å². The van der Waals surface area contributed by atoms with E-state index >= 15 is 0 Å². The molecule has 0 aromatic rings. The minimum Gasteiger partial charge on any atom is -0.249 e. The van der Waals surface area contributed by atoms with Gasteiger partial charge >= 0.3 is 0 Å². The molecule has 0 atom stereocenters. The van der Waals surface area contributed by atoms with Gasteiger partial charge in [0.2, 0.25) is 0 Å². The fourth-order valence-corrected chi connectivity index (χ4v) is 5.51. The standard InChI is InChI=1S/C20H8Br4N4/c21-14-7-13-6-11-2-1-9(25-11)5-10-3-4-12(26-10)8-15-16(22)17(23)20(28-15)18(24)19(14)27-13/h1-8H. The van der Waals surface area contributed by atoms with Crippen LogP contribution in [0.25, 0.3) is 0 Å². The van der Waals surface area contributed by atoms with Crippen molar-refractivity contribution >= 4 is 86.6 Å². The second-order valence-electron chi connectivity index (χ2n) is 6.19. The molecule has 5 aliphatic heterocycles. The third kappa shape index (κ3) is 3.26. The Morgan fingerprint density at radius 3 is 1.89 bits per heavy atom. The van der Waals surface area contributed by atoms with Gasteiger partial charge in [0.1, 0.15) is 0 Å². The van der Waals surface area contributed by atoms with Crippen molar-refractivity contribution in [3.8, 4) is 0 Å². The molecule has 0 unspecified atom stereocenters. The summed E-state index contributed by atoms with van der Waals surface area (Å²) in [5.41, 5.74) is 6.55. The lowest BCUT2D eigenvalue weighted by atomic mass is 10.2. The normalized spacial score (nSPS) is 22.7.